The molecule has 1 heterocycles. The Kier molecular flexibility index (Phi) is 6.63. The lowest BCUT2D eigenvalue weighted by molar-refractivity contribution is -0.131. The van der Waals surface area contributed by atoms with Crippen LogP contribution in [0.4, 0.5) is 0 Å². The Hall–Kier alpha value is -1.09. The van der Waals surface area contributed by atoms with Crippen LogP contribution < -0.4 is 5.32 Å². The summed E-state index contributed by atoms with van der Waals surface area (Å²) in [5, 5.41) is 3.06. The molecule has 5 heteroatoms. The first kappa shape index (κ1) is 14.0. The maximum Gasteiger partial charge on any atom is 0.236 e. The number of hydrogen-bond acceptors (Lipinski definition) is 4. The highest BCUT2D eigenvalue weighted by Crippen LogP contribution is 2.00. The lowest BCUT2D eigenvalue weighted by Gasteiger charge is -2.33. The van der Waals surface area contributed by atoms with E-state index < -0.39 is 0 Å². The first-order valence-corrected chi connectivity index (χ1v) is 5.91. The van der Waals surface area contributed by atoms with Gasteiger partial charge in [-0.25, -0.2) is 0 Å². The number of terminal acetylenes is 1. The van der Waals surface area contributed by atoms with Crippen LogP contribution in [0.2, 0.25) is 0 Å². The fourth-order valence-corrected chi connectivity index (χ4v) is 1.77. The predicted octanol–water partition coefficient (Wildman–Crippen LogP) is -1.00. The maximum atomic E-state index is 11.8. The number of piperazine rings is 1. The van der Waals surface area contributed by atoms with Gasteiger partial charge in [-0.1, -0.05) is 5.92 Å². The molecule has 17 heavy (non-hydrogen) atoms. The van der Waals surface area contributed by atoms with Crippen molar-refractivity contribution in [3.05, 3.63) is 0 Å². The van der Waals surface area contributed by atoms with Crippen LogP contribution in [-0.2, 0) is 9.53 Å². The van der Waals surface area contributed by atoms with Crippen molar-refractivity contribution < 1.29 is 9.53 Å². The zero-order chi connectivity index (χ0) is 12.5. The van der Waals surface area contributed by atoms with Crippen molar-refractivity contribution in [3.63, 3.8) is 0 Å². The zero-order valence-corrected chi connectivity index (χ0v) is 10.4. The number of amides is 1. The van der Waals surface area contributed by atoms with Gasteiger partial charge in [-0.2, -0.15) is 0 Å². The maximum absolute atomic E-state index is 11.8. The fourth-order valence-electron chi connectivity index (χ4n) is 1.77. The molecule has 0 bridgehead atoms. The third-order valence-electron chi connectivity index (χ3n) is 2.80. The quantitative estimate of drug-likeness (QED) is 0.477. The second kappa shape index (κ2) is 8.07. The summed E-state index contributed by atoms with van der Waals surface area (Å²) < 4.78 is 4.90. The molecule has 0 saturated carbocycles. The minimum atomic E-state index is 0.154. The van der Waals surface area contributed by atoms with E-state index in [1.54, 1.807) is 7.11 Å². The highest BCUT2D eigenvalue weighted by atomic mass is 16.5. The van der Waals surface area contributed by atoms with Crippen LogP contribution in [0.25, 0.3) is 0 Å². The molecule has 0 radical (unpaired) electrons. The van der Waals surface area contributed by atoms with Gasteiger partial charge in [0.05, 0.1) is 19.7 Å². The molecule has 0 aromatic heterocycles. The van der Waals surface area contributed by atoms with E-state index in [4.69, 9.17) is 11.2 Å². The molecule has 0 unspecified atom stereocenters. The molecule has 0 aliphatic carbocycles. The Morgan fingerprint density at radius 1 is 1.41 bits per heavy atom. The SMILES string of the molecule is C#CCN1CCN(C(=O)CNCCOC)CC1. The van der Waals surface area contributed by atoms with Crippen molar-refractivity contribution in [3.8, 4) is 12.3 Å². The van der Waals surface area contributed by atoms with E-state index in [9.17, 15) is 4.79 Å². The Bertz CT molecular complexity index is 267. The highest BCUT2D eigenvalue weighted by molar-refractivity contribution is 5.78. The van der Waals surface area contributed by atoms with Crippen molar-refractivity contribution in [2.75, 3.05) is 59.5 Å². The summed E-state index contributed by atoms with van der Waals surface area (Å²) >= 11 is 0. The van der Waals surface area contributed by atoms with Crippen molar-refractivity contribution in [2.24, 2.45) is 0 Å². The van der Waals surface area contributed by atoms with Gasteiger partial charge in [-0.3, -0.25) is 9.69 Å². The van der Waals surface area contributed by atoms with Gasteiger partial charge in [0.1, 0.15) is 0 Å². The van der Waals surface area contributed by atoms with E-state index in [1.807, 2.05) is 4.90 Å². The number of rotatable bonds is 6. The molecule has 1 saturated heterocycles. The van der Waals surface area contributed by atoms with Crippen molar-refractivity contribution in [1.82, 2.24) is 15.1 Å². The largest absolute Gasteiger partial charge is 0.383 e. The second-order valence-corrected chi connectivity index (χ2v) is 4.03. The average Bonchev–Trinajstić information content (AvgIpc) is 2.36. The third-order valence-corrected chi connectivity index (χ3v) is 2.80. The van der Waals surface area contributed by atoms with E-state index in [-0.39, 0.29) is 5.91 Å². The third kappa shape index (κ3) is 5.18. The lowest BCUT2D eigenvalue weighted by Crippen LogP contribution is -2.50. The van der Waals surface area contributed by atoms with E-state index in [0.717, 1.165) is 26.2 Å². The Morgan fingerprint density at radius 2 is 2.12 bits per heavy atom. The summed E-state index contributed by atoms with van der Waals surface area (Å²) in [7, 11) is 1.65. The standard InChI is InChI=1S/C12H21N3O2/c1-3-5-14-6-8-15(9-7-14)12(16)11-13-4-10-17-2/h1,13H,4-11H2,2H3. The van der Waals surface area contributed by atoms with Gasteiger partial charge in [-0.15, -0.1) is 6.42 Å². The van der Waals surface area contributed by atoms with E-state index in [1.165, 1.54) is 0 Å². The summed E-state index contributed by atoms with van der Waals surface area (Å²) in [6.45, 7) is 5.68. The van der Waals surface area contributed by atoms with Crippen LogP contribution in [0.15, 0.2) is 0 Å². The van der Waals surface area contributed by atoms with Gasteiger partial charge in [0, 0.05) is 39.8 Å². The number of hydrogen-bond donors (Lipinski definition) is 1. The van der Waals surface area contributed by atoms with Crippen LogP contribution >= 0.6 is 0 Å². The van der Waals surface area contributed by atoms with E-state index in [2.05, 4.69) is 16.1 Å². The topological polar surface area (TPSA) is 44.8 Å². The van der Waals surface area contributed by atoms with Crippen LogP contribution in [0, 0.1) is 12.3 Å². The summed E-state index contributed by atoms with van der Waals surface area (Å²) in [6, 6.07) is 0. The van der Waals surface area contributed by atoms with Gasteiger partial charge in [0.15, 0.2) is 0 Å². The molecule has 1 rings (SSSR count). The monoisotopic (exact) mass is 239 g/mol. The average molecular weight is 239 g/mol. The number of ether oxygens (including phenoxy) is 1. The number of carbonyl (C=O) groups excluding carboxylic acids is 1. The zero-order valence-electron chi connectivity index (χ0n) is 10.4. The normalized spacial score (nSPS) is 16.8. The first-order chi connectivity index (χ1) is 8.27. The molecular formula is C12H21N3O2. The molecule has 0 spiro atoms. The Morgan fingerprint density at radius 3 is 2.71 bits per heavy atom. The molecule has 1 N–H and O–H groups in total. The number of carbonyl (C=O) groups is 1. The van der Waals surface area contributed by atoms with Crippen LogP contribution in [0.1, 0.15) is 0 Å². The molecule has 5 nitrogen and oxygen atoms in total. The van der Waals surface area contributed by atoms with Crippen LogP contribution in [-0.4, -0.2) is 75.2 Å². The molecule has 1 amide bonds. The summed E-state index contributed by atoms with van der Waals surface area (Å²) in [4.78, 5) is 15.9. The number of nitrogens with one attached hydrogen (secondary N) is 1. The van der Waals surface area contributed by atoms with Crippen molar-refractivity contribution in [2.45, 2.75) is 0 Å². The smallest absolute Gasteiger partial charge is 0.236 e. The van der Waals surface area contributed by atoms with Crippen LogP contribution in [0.3, 0.4) is 0 Å². The first-order valence-electron chi connectivity index (χ1n) is 5.91. The molecule has 1 fully saturated rings. The Labute approximate surface area is 103 Å². The van der Waals surface area contributed by atoms with Gasteiger partial charge < -0.3 is 15.0 Å². The van der Waals surface area contributed by atoms with Gasteiger partial charge in [0.25, 0.3) is 0 Å². The molecule has 0 aromatic carbocycles. The number of nitrogens with zero attached hydrogens (tertiary/aromatic N) is 2. The van der Waals surface area contributed by atoms with E-state index >= 15 is 0 Å². The molecule has 96 valence electrons. The fraction of sp³-hybridized carbons (Fsp3) is 0.750. The lowest BCUT2D eigenvalue weighted by atomic mass is 10.3. The van der Waals surface area contributed by atoms with Crippen molar-refractivity contribution >= 4 is 5.91 Å². The van der Waals surface area contributed by atoms with Gasteiger partial charge in [-0.05, 0) is 0 Å². The minimum absolute atomic E-state index is 0.154. The van der Waals surface area contributed by atoms with Gasteiger partial charge in [0.2, 0.25) is 5.91 Å². The second-order valence-electron chi connectivity index (χ2n) is 4.03. The summed E-state index contributed by atoms with van der Waals surface area (Å²) in [5.41, 5.74) is 0. The Balaban J connectivity index is 2.15. The summed E-state index contributed by atoms with van der Waals surface area (Å²) in [5.74, 6) is 2.78. The molecular weight excluding hydrogens is 218 g/mol. The highest BCUT2D eigenvalue weighted by Gasteiger charge is 2.19. The van der Waals surface area contributed by atoms with Gasteiger partial charge >= 0.3 is 0 Å². The van der Waals surface area contributed by atoms with Crippen LogP contribution in [0.5, 0.6) is 0 Å². The van der Waals surface area contributed by atoms with Crippen molar-refractivity contribution in [1.29, 1.82) is 0 Å². The predicted molar refractivity (Wildman–Crippen MR) is 66.6 cm³/mol. The molecule has 0 aromatic rings. The molecule has 0 atom stereocenters. The van der Waals surface area contributed by atoms with E-state index in [0.29, 0.717) is 26.2 Å². The molecule has 1 aliphatic rings. The summed E-state index contributed by atoms with van der Waals surface area (Å²) in [6.07, 6.45) is 5.25. The molecule has 1 aliphatic heterocycles. The minimum Gasteiger partial charge on any atom is -0.383 e. The number of methoxy groups -OCH3 is 1.